The molecule has 0 amide bonds. The maximum Gasteiger partial charge on any atom is 0.0552 e. The molecule has 2 nitrogen and oxygen atoms in total. The van der Waals surface area contributed by atoms with Crippen molar-refractivity contribution in [3.63, 3.8) is 0 Å². The van der Waals surface area contributed by atoms with E-state index >= 15 is 0 Å². The molecule has 0 aromatic heterocycles. The Hall–Kier alpha value is -0.0800. The summed E-state index contributed by atoms with van der Waals surface area (Å²) >= 11 is 0. The molecule has 1 atom stereocenters. The average Bonchev–Trinajstić information content (AvgIpc) is 2.25. The van der Waals surface area contributed by atoms with Crippen LogP contribution in [0.5, 0.6) is 0 Å². The van der Waals surface area contributed by atoms with Gasteiger partial charge in [0.15, 0.2) is 0 Å². The summed E-state index contributed by atoms with van der Waals surface area (Å²) in [6.45, 7) is 2.41. The Morgan fingerprint density at radius 2 is 1.47 bits per heavy atom. The molecular weight excluding hydrogens is 186 g/mol. The molecule has 0 spiro atoms. The molecule has 1 N–H and O–H groups in total. The first-order valence-corrected chi connectivity index (χ1v) is 6.78. The molecular formula is C13H25NO. The fraction of sp³-hybridized carbons (Fsp3) is 1.00. The van der Waals surface area contributed by atoms with Gasteiger partial charge >= 0.3 is 0 Å². The topological polar surface area (TPSA) is 23.5 Å². The van der Waals surface area contributed by atoms with E-state index in [-0.39, 0.29) is 6.10 Å². The molecule has 0 aromatic carbocycles. The highest BCUT2D eigenvalue weighted by Gasteiger charge is 2.22. The van der Waals surface area contributed by atoms with Crippen LogP contribution in [0.2, 0.25) is 0 Å². The highest BCUT2D eigenvalue weighted by Crippen LogP contribution is 2.24. The lowest BCUT2D eigenvalue weighted by atomic mass is 9.93. The smallest absolute Gasteiger partial charge is 0.0552 e. The second kappa shape index (κ2) is 5.86. The van der Waals surface area contributed by atoms with Crippen LogP contribution in [0.4, 0.5) is 0 Å². The van der Waals surface area contributed by atoms with E-state index in [1.165, 1.54) is 51.5 Å². The minimum atomic E-state index is -0.0311. The van der Waals surface area contributed by atoms with Crippen molar-refractivity contribution in [2.75, 3.05) is 13.1 Å². The lowest BCUT2D eigenvalue weighted by Crippen LogP contribution is -2.40. The van der Waals surface area contributed by atoms with Crippen LogP contribution in [0, 0.1) is 0 Å². The van der Waals surface area contributed by atoms with Gasteiger partial charge in [0.25, 0.3) is 0 Å². The van der Waals surface area contributed by atoms with Crippen LogP contribution in [-0.4, -0.2) is 35.2 Å². The number of aliphatic hydroxyl groups excluding tert-OH is 1. The van der Waals surface area contributed by atoms with Gasteiger partial charge < -0.3 is 10.0 Å². The molecule has 1 heterocycles. The van der Waals surface area contributed by atoms with Crippen molar-refractivity contribution in [1.82, 2.24) is 4.90 Å². The Balaban J connectivity index is 1.82. The maximum absolute atomic E-state index is 9.70. The molecule has 0 aromatic rings. The van der Waals surface area contributed by atoms with Gasteiger partial charge in [0.1, 0.15) is 0 Å². The van der Waals surface area contributed by atoms with Crippen LogP contribution in [0.15, 0.2) is 0 Å². The standard InChI is InChI=1S/C13H25NO/c15-13-8-4-5-10-14(11-9-13)12-6-2-1-3-7-12/h12-13,15H,1-11H2. The summed E-state index contributed by atoms with van der Waals surface area (Å²) in [4.78, 5) is 2.65. The van der Waals surface area contributed by atoms with Gasteiger partial charge in [0.2, 0.25) is 0 Å². The summed E-state index contributed by atoms with van der Waals surface area (Å²) in [6, 6.07) is 0.837. The van der Waals surface area contributed by atoms with Crippen LogP contribution < -0.4 is 0 Å². The van der Waals surface area contributed by atoms with E-state index in [0.717, 1.165) is 25.4 Å². The van der Waals surface area contributed by atoms with E-state index in [4.69, 9.17) is 0 Å². The highest BCUT2D eigenvalue weighted by molar-refractivity contribution is 4.78. The van der Waals surface area contributed by atoms with E-state index in [9.17, 15) is 5.11 Å². The number of hydrogen-bond acceptors (Lipinski definition) is 2. The molecule has 15 heavy (non-hydrogen) atoms. The molecule has 1 aliphatic carbocycles. The number of likely N-dealkylation sites (tertiary alicyclic amines) is 1. The molecule has 88 valence electrons. The average molecular weight is 211 g/mol. The molecule has 2 aliphatic rings. The first-order valence-electron chi connectivity index (χ1n) is 6.78. The van der Waals surface area contributed by atoms with Gasteiger partial charge in [0, 0.05) is 12.6 Å². The number of rotatable bonds is 1. The first-order chi connectivity index (χ1) is 7.36. The lowest BCUT2D eigenvalue weighted by molar-refractivity contribution is 0.0849. The van der Waals surface area contributed by atoms with Crippen molar-refractivity contribution in [2.45, 2.75) is 69.9 Å². The van der Waals surface area contributed by atoms with Crippen molar-refractivity contribution < 1.29 is 5.11 Å². The summed E-state index contributed by atoms with van der Waals surface area (Å²) in [7, 11) is 0. The van der Waals surface area contributed by atoms with Crippen LogP contribution >= 0.6 is 0 Å². The van der Waals surface area contributed by atoms with Gasteiger partial charge in [-0.15, -0.1) is 0 Å². The molecule has 1 saturated carbocycles. The largest absolute Gasteiger partial charge is 0.393 e. The Bertz CT molecular complexity index is 177. The Labute approximate surface area is 93.7 Å². The second-order valence-corrected chi connectivity index (χ2v) is 5.27. The van der Waals surface area contributed by atoms with E-state index in [1.807, 2.05) is 0 Å². The summed E-state index contributed by atoms with van der Waals surface area (Å²) in [6.07, 6.45) is 11.6. The second-order valence-electron chi connectivity index (χ2n) is 5.27. The Morgan fingerprint density at radius 1 is 0.733 bits per heavy atom. The third-order valence-corrected chi connectivity index (χ3v) is 4.07. The number of aliphatic hydroxyl groups is 1. The van der Waals surface area contributed by atoms with E-state index < -0.39 is 0 Å². The van der Waals surface area contributed by atoms with Gasteiger partial charge in [-0.1, -0.05) is 19.3 Å². The normalized spacial score (nSPS) is 32.2. The van der Waals surface area contributed by atoms with Crippen LogP contribution in [0.25, 0.3) is 0 Å². The van der Waals surface area contributed by atoms with Crippen molar-refractivity contribution in [3.8, 4) is 0 Å². The molecule has 1 unspecified atom stereocenters. The Kier molecular flexibility index (Phi) is 4.45. The van der Waals surface area contributed by atoms with Crippen LogP contribution in [0.1, 0.15) is 57.8 Å². The third-order valence-electron chi connectivity index (χ3n) is 4.07. The Morgan fingerprint density at radius 3 is 2.27 bits per heavy atom. The van der Waals surface area contributed by atoms with Gasteiger partial charge in [-0.3, -0.25) is 0 Å². The maximum atomic E-state index is 9.70. The van der Waals surface area contributed by atoms with Crippen molar-refractivity contribution in [3.05, 3.63) is 0 Å². The quantitative estimate of drug-likeness (QED) is 0.720. The third kappa shape index (κ3) is 3.46. The summed E-state index contributed by atoms with van der Waals surface area (Å²) < 4.78 is 0. The fourth-order valence-corrected chi connectivity index (χ4v) is 3.08. The van der Waals surface area contributed by atoms with Gasteiger partial charge in [0.05, 0.1) is 6.10 Å². The molecule has 2 heteroatoms. The lowest BCUT2D eigenvalue weighted by Gasteiger charge is -2.36. The van der Waals surface area contributed by atoms with Crippen molar-refractivity contribution >= 4 is 0 Å². The van der Waals surface area contributed by atoms with Crippen LogP contribution in [0.3, 0.4) is 0 Å². The first kappa shape index (κ1) is 11.4. The highest BCUT2D eigenvalue weighted by atomic mass is 16.3. The molecule has 2 rings (SSSR count). The summed E-state index contributed by atoms with van der Waals surface area (Å²) in [5.74, 6) is 0. The minimum Gasteiger partial charge on any atom is -0.393 e. The fourth-order valence-electron chi connectivity index (χ4n) is 3.08. The van der Waals surface area contributed by atoms with Gasteiger partial charge in [-0.2, -0.15) is 0 Å². The van der Waals surface area contributed by atoms with Crippen molar-refractivity contribution in [1.29, 1.82) is 0 Å². The molecule has 0 radical (unpaired) electrons. The summed E-state index contributed by atoms with van der Waals surface area (Å²) in [5, 5.41) is 9.70. The monoisotopic (exact) mass is 211 g/mol. The zero-order valence-electron chi connectivity index (χ0n) is 9.83. The molecule has 0 bridgehead atoms. The predicted molar refractivity (Wildman–Crippen MR) is 62.9 cm³/mol. The van der Waals surface area contributed by atoms with E-state index in [1.54, 1.807) is 0 Å². The van der Waals surface area contributed by atoms with E-state index in [0.29, 0.717) is 0 Å². The van der Waals surface area contributed by atoms with Crippen molar-refractivity contribution in [2.24, 2.45) is 0 Å². The number of hydrogen-bond donors (Lipinski definition) is 1. The predicted octanol–water partition coefficient (Wildman–Crippen LogP) is 2.56. The zero-order valence-corrected chi connectivity index (χ0v) is 9.83. The van der Waals surface area contributed by atoms with Crippen LogP contribution in [-0.2, 0) is 0 Å². The van der Waals surface area contributed by atoms with Gasteiger partial charge in [-0.25, -0.2) is 0 Å². The SMILES string of the molecule is OC1CCCCN(C2CCCCC2)CC1. The van der Waals surface area contributed by atoms with Gasteiger partial charge in [-0.05, 0) is 45.1 Å². The molecule has 1 saturated heterocycles. The molecule has 1 aliphatic heterocycles. The zero-order chi connectivity index (χ0) is 10.5. The molecule has 2 fully saturated rings. The summed E-state index contributed by atoms with van der Waals surface area (Å²) in [5.41, 5.74) is 0. The number of nitrogens with zero attached hydrogens (tertiary/aromatic N) is 1. The van der Waals surface area contributed by atoms with E-state index in [2.05, 4.69) is 4.90 Å². The minimum absolute atomic E-state index is 0.0311.